The Hall–Kier alpha value is -3.33. The minimum absolute atomic E-state index is 0.0935. The standard InChI is InChI=1S/C15H10N4O2/c16-7-9-5-6-13(11-4-2-1-3-10(9)11)19-8-12(17)14(18-19)15(20)21/h1-6,8H,17H2,(H,20,21). The van der Waals surface area contributed by atoms with Gasteiger partial charge in [0.2, 0.25) is 0 Å². The molecule has 2 aromatic carbocycles. The Kier molecular flexibility index (Phi) is 2.81. The monoisotopic (exact) mass is 278 g/mol. The molecule has 6 heteroatoms. The number of hydrogen-bond acceptors (Lipinski definition) is 4. The fourth-order valence-electron chi connectivity index (χ4n) is 2.26. The number of carboxylic acid groups (broad SMARTS) is 1. The number of benzene rings is 2. The molecular weight excluding hydrogens is 268 g/mol. The van der Waals surface area contributed by atoms with Gasteiger partial charge in [0.05, 0.1) is 29.2 Å². The Bertz CT molecular complexity index is 906. The van der Waals surface area contributed by atoms with Gasteiger partial charge in [0.15, 0.2) is 5.69 Å². The summed E-state index contributed by atoms with van der Waals surface area (Å²) in [7, 11) is 0. The third-order valence-corrected chi connectivity index (χ3v) is 3.21. The minimum atomic E-state index is -1.18. The predicted octanol–water partition coefficient (Wildman–Crippen LogP) is 2.18. The molecule has 102 valence electrons. The molecule has 0 spiro atoms. The van der Waals surface area contributed by atoms with Gasteiger partial charge >= 0.3 is 5.97 Å². The number of anilines is 1. The van der Waals surface area contributed by atoms with Gasteiger partial charge in [-0.1, -0.05) is 24.3 Å². The normalized spacial score (nSPS) is 10.4. The van der Waals surface area contributed by atoms with Gasteiger partial charge in [-0.25, -0.2) is 9.48 Å². The number of hydrogen-bond donors (Lipinski definition) is 2. The second-order valence-electron chi connectivity index (χ2n) is 4.47. The van der Waals surface area contributed by atoms with E-state index in [2.05, 4.69) is 11.2 Å². The van der Waals surface area contributed by atoms with Gasteiger partial charge < -0.3 is 10.8 Å². The van der Waals surface area contributed by atoms with E-state index >= 15 is 0 Å². The highest BCUT2D eigenvalue weighted by Crippen LogP contribution is 2.26. The topological polar surface area (TPSA) is 105 Å². The first-order chi connectivity index (χ1) is 10.1. The number of carboxylic acids is 1. The van der Waals surface area contributed by atoms with Crippen LogP contribution in [0, 0.1) is 11.3 Å². The number of aromatic nitrogens is 2. The summed E-state index contributed by atoms with van der Waals surface area (Å²) in [6, 6.07) is 12.9. The zero-order chi connectivity index (χ0) is 15.0. The maximum absolute atomic E-state index is 11.0. The number of rotatable bonds is 2. The van der Waals surface area contributed by atoms with Gasteiger partial charge in [-0.05, 0) is 12.1 Å². The number of carbonyl (C=O) groups is 1. The van der Waals surface area contributed by atoms with Crippen LogP contribution in [0.25, 0.3) is 16.5 Å². The van der Waals surface area contributed by atoms with Gasteiger partial charge in [0, 0.05) is 10.8 Å². The molecule has 0 fully saturated rings. The third kappa shape index (κ3) is 1.97. The van der Waals surface area contributed by atoms with Crippen molar-refractivity contribution in [3.05, 3.63) is 53.9 Å². The van der Waals surface area contributed by atoms with Crippen molar-refractivity contribution in [1.82, 2.24) is 9.78 Å². The molecule has 3 rings (SSSR count). The first-order valence-corrected chi connectivity index (χ1v) is 6.12. The smallest absolute Gasteiger partial charge is 0.358 e. The molecule has 1 aromatic heterocycles. The first kappa shape index (κ1) is 12.7. The lowest BCUT2D eigenvalue weighted by molar-refractivity contribution is 0.0691. The van der Waals surface area contributed by atoms with Gasteiger partial charge in [-0.15, -0.1) is 0 Å². The molecule has 0 saturated heterocycles. The molecule has 6 nitrogen and oxygen atoms in total. The van der Waals surface area contributed by atoms with Crippen molar-refractivity contribution < 1.29 is 9.90 Å². The van der Waals surface area contributed by atoms with E-state index in [9.17, 15) is 4.79 Å². The van der Waals surface area contributed by atoms with Crippen molar-refractivity contribution in [1.29, 1.82) is 5.26 Å². The number of nitrogen functional groups attached to an aromatic ring is 1. The number of nitriles is 1. The van der Waals surface area contributed by atoms with E-state index in [-0.39, 0.29) is 11.4 Å². The summed E-state index contributed by atoms with van der Waals surface area (Å²) in [5, 5.41) is 23.7. The number of aromatic carboxylic acids is 1. The average Bonchev–Trinajstić information content (AvgIpc) is 2.88. The molecule has 0 atom stereocenters. The third-order valence-electron chi connectivity index (χ3n) is 3.21. The maximum Gasteiger partial charge on any atom is 0.358 e. The molecule has 0 amide bonds. The number of nitrogens with two attached hydrogens (primary N) is 1. The Morgan fingerprint density at radius 1 is 1.24 bits per heavy atom. The van der Waals surface area contributed by atoms with E-state index in [1.807, 2.05) is 24.3 Å². The van der Waals surface area contributed by atoms with E-state index in [0.717, 1.165) is 10.8 Å². The summed E-state index contributed by atoms with van der Waals surface area (Å²) < 4.78 is 1.42. The molecular formula is C15H10N4O2. The second kappa shape index (κ2) is 4.65. The van der Waals surface area contributed by atoms with Crippen LogP contribution in [0.3, 0.4) is 0 Å². The molecule has 0 saturated carbocycles. The molecule has 1 heterocycles. The Labute approximate surface area is 119 Å². The molecule has 0 aliphatic heterocycles. The van der Waals surface area contributed by atoms with E-state index < -0.39 is 5.97 Å². The lowest BCUT2D eigenvalue weighted by Gasteiger charge is -2.07. The van der Waals surface area contributed by atoms with Crippen LogP contribution in [-0.4, -0.2) is 20.9 Å². The molecule has 21 heavy (non-hydrogen) atoms. The molecule has 3 aromatic rings. The van der Waals surface area contributed by atoms with Crippen molar-refractivity contribution >= 4 is 22.4 Å². The van der Waals surface area contributed by atoms with Crippen LogP contribution in [-0.2, 0) is 0 Å². The summed E-state index contributed by atoms with van der Waals surface area (Å²) in [5.41, 5.74) is 6.78. The SMILES string of the molecule is N#Cc1ccc(-n2cc(N)c(C(=O)O)n2)c2ccccc12. The average molecular weight is 278 g/mol. The summed E-state index contributed by atoms with van der Waals surface area (Å²) in [5.74, 6) is -1.18. The van der Waals surface area contributed by atoms with Crippen LogP contribution in [0.1, 0.15) is 16.1 Å². The van der Waals surface area contributed by atoms with Crippen LogP contribution in [0.5, 0.6) is 0 Å². The second-order valence-corrected chi connectivity index (χ2v) is 4.47. The van der Waals surface area contributed by atoms with Gasteiger partial charge in [0.1, 0.15) is 0 Å². The van der Waals surface area contributed by atoms with Crippen LogP contribution in [0.2, 0.25) is 0 Å². The van der Waals surface area contributed by atoms with E-state index in [4.69, 9.17) is 16.1 Å². The summed E-state index contributed by atoms with van der Waals surface area (Å²) >= 11 is 0. The Balaban J connectivity index is 2.29. The van der Waals surface area contributed by atoms with Gasteiger partial charge in [-0.2, -0.15) is 10.4 Å². The lowest BCUT2D eigenvalue weighted by Crippen LogP contribution is -2.03. The predicted molar refractivity (Wildman–Crippen MR) is 77.2 cm³/mol. The van der Waals surface area contributed by atoms with E-state index in [0.29, 0.717) is 11.3 Å². The highest BCUT2D eigenvalue weighted by atomic mass is 16.4. The summed E-state index contributed by atoms with van der Waals surface area (Å²) in [6.45, 7) is 0. The summed E-state index contributed by atoms with van der Waals surface area (Å²) in [6.07, 6.45) is 1.46. The molecule has 0 bridgehead atoms. The Morgan fingerprint density at radius 3 is 2.57 bits per heavy atom. The van der Waals surface area contributed by atoms with Gasteiger partial charge in [-0.3, -0.25) is 0 Å². The van der Waals surface area contributed by atoms with Crippen LogP contribution in [0.15, 0.2) is 42.6 Å². The van der Waals surface area contributed by atoms with Crippen molar-refractivity contribution in [2.75, 3.05) is 5.73 Å². The van der Waals surface area contributed by atoms with Crippen molar-refractivity contribution in [3.63, 3.8) is 0 Å². The number of fused-ring (bicyclic) bond motifs is 1. The maximum atomic E-state index is 11.0. The van der Waals surface area contributed by atoms with Crippen LogP contribution < -0.4 is 5.73 Å². The van der Waals surface area contributed by atoms with Crippen LogP contribution >= 0.6 is 0 Å². The van der Waals surface area contributed by atoms with Crippen LogP contribution in [0.4, 0.5) is 5.69 Å². The van der Waals surface area contributed by atoms with Gasteiger partial charge in [0.25, 0.3) is 0 Å². The van der Waals surface area contributed by atoms with Crippen molar-refractivity contribution in [2.24, 2.45) is 0 Å². The van der Waals surface area contributed by atoms with E-state index in [1.54, 1.807) is 12.1 Å². The largest absolute Gasteiger partial charge is 0.476 e. The molecule has 0 unspecified atom stereocenters. The Morgan fingerprint density at radius 2 is 1.95 bits per heavy atom. The highest BCUT2D eigenvalue weighted by molar-refractivity contribution is 5.95. The van der Waals surface area contributed by atoms with E-state index in [1.165, 1.54) is 10.9 Å². The van der Waals surface area contributed by atoms with Crippen molar-refractivity contribution in [2.45, 2.75) is 0 Å². The highest BCUT2D eigenvalue weighted by Gasteiger charge is 2.15. The fourth-order valence-corrected chi connectivity index (χ4v) is 2.26. The molecule has 0 aliphatic carbocycles. The summed E-state index contributed by atoms with van der Waals surface area (Å²) in [4.78, 5) is 11.0. The quantitative estimate of drug-likeness (QED) is 0.747. The fraction of sp³-hybridized carbons (Fsp3) is 0. The molecule has 3 N–H and O–H groups in total. The van der Waals surface area contributed by atoms with Crippen molar-refractivity contribution in [3.8, 4) is 11.8 Å². The minimum Gasteiger partial charge on any atom is -0.476 e. The zero-order valence-electron chi connectivity index (χ0n) is 10.8. The first-order valence-electron chi connectivity index (χ1n) is 6.12. The lowest BCUT2D eigenvalue weighted by atomic mass is 10.0. The number of nitrogens with zero attached hydrogens (tertiary/aromatic N) is 3. The molecule has 0 radical (unpaired) electrons. The zero-order valence-corrected chi connectivity index (χ0v) is 10.8. The molecule has 0 aliphatic rings.